The second-order valence-electron chi connectivity index (χ2n) is 7.35. The summed E-state index contributed by atoms with van der Waals surface area (Å²) in [5.41, 5.74) is 7.05. The van der Waals surface area contributed by atoms with Crippen molar-refractivity contribution in [3.8, 4) is 6.07 Å². The van der Waals surface area contributed by atoms with E-state index in [0.29, 0.717) is 16.9 Å². The molecule has 1 aromatic carbocycles. The third-order valence-corrected chi connectivity index (χ3v) is 4.80. The number of nitrogens with zero attached hydrogens (tertiary/aromatic N) is 4. The van der Waals surface area contributed by atoms with Crippen molar-refractivity contribution in [3.63, 3.8) is 0 Å². The van der Waals surface area contributed by atoms with Crippen LogP contribution in [0.3, 0.4) is 0 Å². The van der Waals surface area contributed by atoms with Crippen molar-refractivity contribution < 1.29 is 18.0 Å². The Morgan fingerprint density at radius 1 is 1.26 bits per heavy atom. The zero-order valence-corrected chi connectivity index (χ0v) is 16.9. The molecule has 0 saturated carbocycles. The minimum absolute atomic E-state index is 0.0277. The highest BCUT2D eigenvalue weighted by Gasteiger charge is 2.30. The van der Waals surface area contributed by atoms with Crippen molar-refractivity contribution >= 4 is 22.6 Å². The Labute approximate surface area is 177 Å². The summed E-state index contributed by atoms with van der Waals surface area (Å²) in [6, 6.07) is 11.0. The summed E-state index contributed by atoms with van der Waals surface area (Å²) in [6.45, 7) is 3.56. The molecule has 2 N–H and O–H groups in total. The molecule has 0 spiro atoms. The standard InChI is InChI=1S/C22H20F3N5O/c1-13(9-26)11-30(12-18-5-4-17(10-28-18)22(23,24)25)21(31)15-3-6-19-16(8-15)7-14(2)20(27)29-19/h3-8,10,13H,11-12H2,1-2H3,(H2,27,29)/t13-/m0/s1. The number of fused-ring (bicyclic) bond motifs is 1. The van der Waals surface area contributed by atoms with E-state index in [2.05, 4.69) is 16.0 Å². The maximum Gasteiger partial charge on any atom is 0.417 e. The van der Waals surface area contributed by atoms with Crippen LogP contribution in [0.1, 0.15) is 34.1 Å². The maximum atomic E-state index is 13.2. The Balaban J connectivity index is 1.91. The minimum atomic E-state index is -4.49. The van der Waals surface area contributed by atoms with Gasteiger partial charge in [-0.2, -0.15) is 18.4 Å². The predicted octanol–water partition coefficient (Wildman–Crippen LogP) is 4.34. The fourth-order valence-electron chi connectivity index (χ4n) is 3.08. The summed E-state index contributed by atoms with van der Waals surface area (Å²) in [4.78, 5) is 22.7. The lowest BCUT2D eigenvalue weighted by Gasteiger charge is -2.24. The van der Waals surface area contributed by atoms with Crippen molar-refractivity contribution in [1.82, 2.24) is 14.9 Å². The van der Waals surface area contributed by atoms with Gasteiger partial charge in [0.2, 0.25) is 0 Å². The van der Waals surface area contributed by atoms with E-state index in [4.69, 9.17) is 5.73 Å². The molecule has 0 aliphatic heterocycles. The summed E-state index contributed by atoms with van der Waals surface area (Å²) in [7, 11) is 0. The Morgan fingerprint density at radius 3 is 2.61 bits per heavy atom. The molecule has 2 heterocycles. The fraction of sp³-hybridized carbons (Fsp3) is 0.273. The number of rotatable bonds is 5. The number of hydrogen-bond acceptors (Lipinski definition) is 5. The Morgan fingerprint density at radius 2 is 2.00 bits per heavy atom. The van der Waals surface area contributed by atoms with Crippen molar-refractivity contribution in [1.29, 1.82) is 5.26 Å². The van der Waals surface area contributed by atoms with E-state index in [1.165, 1.54) is 11.0 Å². The molecule has 0 aliphatic carbocycles. The van der Waals surface area contributed by atoms with E-state index in [1.807, 2.05) is 13.0 Å². The number of amides is 1. The molecule has 9 heteroatoms. The third-order valence-electron chi connectivity index (χ3n) is 4.80. The molecule has 3 rings (SSSR count). The number of nitriles is 1. The second kappa shape index (κ2) is 8.60. The van der Waals surface area contributed by atoms with Crippen molar-refractivity contribution in [2.45, 2.75) is 26.6 Å². The average molecular weight is 427 g/mol. The van der Waals surface area contributed by atoms with Gasteiger partial charge in [0.1, 0.15) is 5.82 Å². The van der Waals surface area contributed by atoms with Crippen LogP contribution in [0.15, 0.2) is 42.6 Å². The highest BCUT2D eigenvalue weighted by atomic mass is 19.4. The Kier molecular flexibility index (Phi) is 6.11. The molecule has 0 bridgehead atoms. The van der Waals surface area contributed by atoms with Gasteiger partial charge in [-0.1, -0.05) is 0 Å². The van der Waals surface area contributed by atoms with Gasteiger partial charge < -0.3 is 10.6 Å². The van der Waals surface area contributed by atoms with E-state index in [-0.39, 0.29) is 24.7 Å². The number of carbonyl (C=O) groups is 1. The smallest absolute Gasteiger partial charge is 0.383 e. The highest BCUT2D eigenvalue weighted by molar-refractivity contribution is 5.98. The van der Waals surface area contributed by atoms with Crippen LogP contribution in [0.4, 0.5) is 19.0 Å². The maximum absolute atomic E-state index is 13.2. The number of alkyl halides is 3. The molecule has 0 unspecified atom stereocenters. The lowest BCUT2D eigenvalue weighted by Crippen LogP contribution is -2.34. The summed E-state index contributed by atoms with van der Waals surface area (Å²) in [5, 5.41) is 9.91. The average Bonchev–Trinajstić information content (AvgIpc) is 2.73. The largest absolute Gasteiger partial charge is 0.417 e. The van der Waals surface area contributed by atoms with Crippen LogP contribution >= 0.6 is 0 Å². The first kappa shape index (κ1) is 22.0. The van der Waals surface area contributed by atoms with Crippen LogP contribution in [0.5, 0.6) is 0 Å². The van der Waals surface area contributed by atoms with Gasteiger partial charge >= 0.3 is 6.18 Å². The zero-order chi connectivity index (χ0) is 22.8. The van der Waals surface area contributed by atoms with Gasteiger partial charge in [0.25, 0.3) is 5.91 Å². The molecule has 3 aromatic rings. The van der Waals surface area contributed by atoms with Crippen LogP contribution in [0.25, 0.3) is 10.9 Å². The summed E-state index contributed by atoms with van der Waals surface area (Å²) in [5.74, 6) is -0.424. The van der Waals surface area contributed by atoms with E-state index in [1.54, 1.807) is 25.1 Å². The number of aryl methyl sites for hydroxylation is 1. The van der Waals surface area contributed by atoms with Crippen LogP contribution in [-0.4, -0.2) is 27.3 Å². The number of nitrogens with two attached hydrogens (primary N) is 1. The third kappa shape index (κ3) is 5.09. The number of anilines is 1. The minimum Gasteiger partial charge on any atom is -0.383 e. The molecule has 31 heavy (non-hydrogen) atoms. The molecule has 2 aromatic heterocycles. The molecular weight excluding hydrogens is 407 g/mol. The van der Waals surface area contributed by atoms with E-state index in [0.717, 1.165) is 23.2 Å². The molecule has 160 valence electrons. The van der Waals surface area contributed by atoms with Gasteiger partial charge in [-0.05, 0) is 55.8 Å². The molecule has 0 fully saturated rings. The number of nitrogen functional groups attached to an aromatic ring is 1. The Bertz CT molecular complexity index is 1150. The zero-order valence-electron chi connectivity index (χ0n) is 16.9. The molecular formula is C22H20F3N5O. The topological polar surface area (TPSA) is 95.9 Å². The van der Waals surface area contributed by atoms with Gasteiger partial charge in [0.15, 0.2) is 0 Å². The number of carbonyl (C=O) groups excluding carboxylic acids is 1. The molecule has 0 aliphatic rings. The first-order chi connectivity index (χ1) is 14.6. The van der Waals surface area contributed by atoms with E-state index in [9.17, 15) is 23.2 Å². The number of halogens is 3. The van der Waals surface area contributed by atoms with Crippen LogP contribution < -0.4 is 5.73 Å². The van der Waals surface area contributed by atoms with Gasteiger partial charge in [-0.3, -0.25) is 9.78 Å². The van der Waals surface area contributed by atoms with Crippen LogP contribution in [0, 0.1) is 24.2 Å². The lowest BCUT2D eigenvalue weighted by atomic mass is 10.1. The molecule has 1 atom stereocenters. The molecule has 0 saturated heterocycles. The normalized spacial score (nSPS) is 12.4. The first-order valence-corrected chi connectivity index (χ1v) is 9.46. The predicted molar refractivity (Wildman–Crippen MR) is 110 cm³/mol. The summed E-state index contributed by atoms with van der Waals surface area (Å²) >= 11 is 0. The fourth-order valence-corrected chi connectivity index (χ4v) is 3.08. The SMILES string of the molecule is Cc1cc2cc(C(=O)N(Cc3ccc(C(F)(F)F)cn3)C[C@@H](C)C#N)ccc2nc1N. The summed E-state index contributed by atoms with van der Waals surface area (Å²) < 4.78 is 38.3. The van der Waals surface area contributed by atoms with E-state index >= 15 is 0 Å². The van der Waals surface area contributed by atoms with E-state index < -0.39 is 17.7 Å². The van der Waals surface area contributed by atoms with Crippen LogP contribution in [0.2, 0.25) is 0 Å². The second-order valence-corrected chi connectivity index (χ2v) is 7.35. The molecule has 6 nitrogen and oxygen atoms in total. The molecule has 1 amide bonds. The van der Waals surface area contributed by atoms with Gasteiger partial charge in [0.05, 0.1) is 35.3 Å². The monoisotopic (exact) mass is 427 g/mol. The quantitative estimate of drug-likeness (QED) is 0.653. The van der Waals surface area contributed by atoms with Gasteiger partial charge in [-0.15, -0.1) is 0 Å². The number of aromatic nitrogens is 2. The van der Waals surface area contributed by atoms with Crippen molar-refractivity contribution in [2.24, 2.45) is 5.92 Å². The summed E-state index contributed by atoms with van der Waals surface area (Å²) in [6.07, 6.45) is -3.75. The van der Waals surface area contributed by atoms with Crippen LogP contribution in [-0.2, 0) is 12.7 Å². The van der Waals surface area contributed by atoms with Crippen molar-refractivity contribution in [2.75, 3.05) is 12.3 Å². The van der Waals surface area contributed by atoms with Crippen molar-refractivity contribution in [3.05, 3.63) is 65.0 Å². The number of hydrogen-bond donors (Lipinski definition) is 1. The highest BCUT2D eigenvalue weighted by Crippen LogP contribution is 2.28. The van der Waals surface area contributed by atoms with Gasteiger partial charge in [0, 0.05) is 23.7 Å². The number of benzene rings is 1. The first-order valence-electron chi connectivity index (χ1n) is 9.46. The molecule has 0 radical (unpaired) electrons. The Hall–Kier alpha value is -3.67. The number of pyridine rings is 2. The lowest BCUT2D eigenvalue weighted by molar-refractivity contribution is -0.137. The van der Waals surface area contributed by atoms with Gasteiger partial charge in [-0.25, -0.2) is 4.98 Å².